The number of nitrogens with one attached hydrogen (secondary N) is 1. The minimum Gasteiger partial charge on any atom is -0.395 e. The van der Waals surface area contributed by atoms with Crippen molar-refractivity contribution in [2.24, 2.45) is 5.73 Å². The molecule has 0 saturated carbocycles. The number of hydrogen-bond donors (Lipinski definition) is 3. The summed E-state index contributed by atoms with van der Waals surface area (Å²) in [4.78, 5) is 2.20. The molecule has 1 rings (SSSR count). The van der Waals surface area contributed by atoms with E-state index in [1.807, 2.05) is 18.2 Å². The maximum Gasteiger partial charge on any atom is 0.122 e. The molecule has 106 valence electrons. The Bertz CT molecular complexity index is 433. The number of benzene rings is 1. The van der Waals surface area contributed by atoms with Gasteiger partial charge in [0.05, 0.1) is 12.3 Å². The molecule has 0 aliphatic heterocycles. The molecule has 0 spiro atoms. The van der Waals surface area contributed by atoms with Gasteiger partial charge in [0.1, 0.15) is 5.84 Å². The molecule has 5 heteroatoms. The molecule has 19 heavy (non-hydrogen) atoms. The molecule has 0 heterocycles. The summed E-state index contributed by atoms with van der Waals surface area (Å²) in [5, 5.41) is 16.7. The van der Waals surface area contributed by atoms with E-state index >= 15 is 0 Å². The maximum absolute atomic E-state index is 9.26. The first-order valence-corrected chi connectivity index (χ1v) is 7.35. The van der Waals surface area contributed by atoms with Gasteiger partial charge in [0.2, 0.25) is 0 Å². The quantitative estimate of drug-likeness (QED) is 0.532. The highest BCUT2D eigenvalue weighted by molar-refractivity contribution is 9.10. The molecule has 0 amide bonds. The predicted molar refractivity (Wildman–Crippen MR) is 84.0 cm³/mol. The minimum atomic E-state index is 0.0588. The molecule has 0 saturated heterocycles. The van der Waals surface area contributed by atoms with Crippen LogP contribution in [0.5, 0.6) is 0 Å². The van der Waals surface area contributed by atoms with Gasteiger partial charge >= 0.3 is 0 Å². The lowest BCUT2D eigenvalue weighted by Gasteiger charge is -2.33. The summed E-state index contributed by atoms with van der Waals surface area (Å²) < 4.78 is 0.903. The predicted octanol–water partition coefficient (Wildman–Crippen LogP) is 2.72. The van der Waals surface area contributed by atoms with E-state index in [9.17, 15) is 5.11 Å². The van der Waals surface area contributed by atoms with Crippen LogP contribution in [0, 0.1) is 5.41 Å². The van der Waals surface area contributed by atoms with Gasteiger partial charge in [-0.2, -0.15) is 0 Å². The summed E-state index contributed by atoms with van der Waals surface area (Å²) in [7, 11) is 0. The van der Waals surface area contributed by atoms with Crippen LogP contribution in [0.3, 0.4) is 0 Å². The number of nitrogen functional groups attached to an aromatic ring is 1. The van der Waals surface area contributed by atoms with E-state index in [-0.39, 0.29) is 12.4 Å². The van der Waals surface area contributed by atoms with Crippen LogP contribution in [0.2, 0.25) is 0 Å². The molecule has 1 aromatic rings. The first-order valence-electron chi connectivity index (χ1n) is 6.56. The molecule has 0 fully saturated rings. The van der Waals surface area contributed by atoms with Gasteiger partial charge in [0.15, 0.2) is 0 Å². The molecular weight excluding hydrogens is 306 g/mol. The Kier molecular flexibility index (Phi) is 6.31. The van der Waals surface area contributed by atoms with Crippen molar-refractivity contribution >= 4 is 27.5 Å². The lowest BCUT2D eigenvalue weighted by Crippen LogP contribution is -2.37. The van der Waals surface area contributed by atoms with Crippen molar-refractivity contribution in [3.63, 3.8) is 0 Å². The number of nitrogens with two attached hydrogens (primary N) is 1. The number of amidine groups is 1. The number of nitrogens with zero attached hydrogens (tertiary/aromatic N) is 1. The van der Waals surface area contributed by atoms with E-state index in [2.05, 4.69) is 34.7 Å². The van der Waals surface area contributed by atoms with E-state index < -0.39 is 0 Å². The number of halogens is 1. The highest BCUT2D eigenvalue weighted by Gasteiger charge is 2.18. The molecule has 0 aliphatic carbocycles. The standard InChI is InChI=1S/C14H22BrN3O/c1-3-11(4-2)18(7-8-19)13-6-5-10(14(16)17)9-12(13)15/h5-6,9,11,19H,3-4,7-8H2,1-2H3,(H3,16,17). The summed E-state index contributed by atoms with van der Waals surface area (Å²) in [6, 6.07) is 6.04. The zero-order valence-electron chi connectivity index (χ0n) is 11.5. The van der Waals surface area contributed by atoms with Gasteiger partial charge in [-0.1, -0.05) is 13.8 Å². The molecule has 0 unspecified atom stereocenters. The second kappa shape index (κ2) is 7.50. The van der Waals surface area contributed by atoms with Crippen LogP contribution in [0.15, 0.2) is 22.7 Å². The van der Waals surface area contributed by atoms with Crippen LogP contribution in [0.25, 0.3) is 0 Å². The third-order valence-electron chi connectivity index (χ3n) is 3.29. The van der Waals surface area contributed by atoms with Crippen LogP contribution < -0.4 is 10.6 Å². The van der Waals surface area contributed by atoms with Gasteiger partial charge in [-0.15, -0.1) is 0 Å². The largest absolute Gasteiger partial charge is 0.395 e. The van der Waals surface area contributed by atoms with Crippen LogP contribution in [0.1, 0.15) is 32.3 Å². The maximum atomic E-state index is 9.26. The van der Waals surface area contributed by atoms with Crippen molar-refractivity contribution < 1.29 is 5.11 Å². The molecule has 0 bridgehead atoms. The normalized spacial score (nSPS) is 10.8. The smallest absolute Gasteiger partial charge is 0.122 e. The topological polar surface area (TPSA) is 73.3 Å². The van der Waals surface area contributed by atoms with Crippen LogP contribution in [0.4, 0.5) is 5.69 Å². The zero-order chi connectivity index (χ0) is 14.4. The number of anilines is 1. The Hall–Kier alpha value is -1.07. The summed E-state index contributed by atoms with van der Waals surface area (Å²) >= 11 is 3.54. The summed E-state index contributed by atoms with van der Waals surface area (Å²) in [6.45, 7) is 5.02. The van der Waals surface area contributed by atoms with Gasteiger partial charge in [0.25, 0.3) is 0 Å². The average Bonchev–Trinajstić information content (AvgIpc) is 2.39. The van der Waals surface area contributed by atoms with E-state index in [1.165, 1.54) is 0 Å². The van der Waals surface area contributed by atoms with Crippen molar-refractivity contribution in [1.29, 1.82) is 5.41 Å². The Morgan fingerprint density at radius 2 is 2.05 bits per heavy atom. The highest BCUT2D eigenvalue weighted by Crippen LogP contribution is 2.30. The lowest BCUT2D eigenvalue weighted by molar-refractivity contribution is 0.296. The third kappa shape index (κ3) is 3.94. The fourth-order valence-corrected chi connectivity index (χ4v) is 2.85. The fourth-order valence-electron chi connectivity index (χ4n) is 2.24. The Morgan fingerprint density at radius 1 is 1.42 bits per heavy atom. The number of hydrogen-bond acceptors (Lipinski definition) is 3. The molecule has 4 N–H and O–H groups in total. The fraction of sp³-hybridized carbons (Fsp3) is 0.500. The van der Waals surface area contributed by atoms with Crippen LogP contribution in [-0.2, 0) is 0 Å². The van der Waals surface area contributed by atoms with Crippen molar-refractivity contribution in [3.8, 4) is 0 Å². The van der Waals surface area contributed by atoms with E-state index in [0.29, 0.717) is 18.2 Å². The molecule has 0 atom stereocenters. The Morgan fingerprint density at radius 3 is 2.47 bits per heavy atom. The average molecular weight is 328 g/mol. The zero-order valence-corrected chi connectivity index (χ0v) is 13.1. The van der Waals surface area contributed by atoms with Crippen molar-refractivity contribution in [2.75, 3.05) is 18.1 Å². The van der Waals surface area contributed by atoms with Gasteiger partial charge in [-0.25, -0.2) is 0 Å². The molecule has 0 radical (unpaired) electrons. The van der Waals surface area contributed by atoms with Crippen LogP contribution in [-0.4, -0.2) is 30.1 Å². The van der Waals surface area contributed by atoms with Gasteiger partial charge < -0.3 is 15.7 Å². The Balaban J connectivity index is 3.12. The van der Waals surface area contributed by atoms with Gasteiger partial charge in [-0.05, 0) is 47.0 Å². The minimum absolute atomic E-state index is 0.0588. The first-order chi connectivity index (χ1) is 9.04. The summed E-state index contributed by atoms with van der Waals surface area (Å²) in [5.41, 5.74) is 7.22. The Labute approximate surface area is 123 Å². The molecule has 0 aliphatic rings. The summed E-state index contributed by atoms with van der Waals surface area (Å²) in [5.74, 6) is 0.0588. The second-order valence-corrected chi connectivity index (χ2v) is 5.32. The van der Waals surface area contributed by atoms with Crippen molar-refractivity contribution in [3.05, 3.63) is 28.2 Å². The number of aliphatic hydroxyl groups excluding tert-OH is 1. The van der Waals surface area contributed by atoms with Crippen molar-refractivity contribution in [2.45, 2.75) is 32.7 Å². The molecule has 0 aromatic heterocycles. The SMILES string of the molecule is CCC(CC)N(CCO)c1ccc(C(=N)N)cc1Br. The van der Waals surface area contributed by atoms with Crippen molar-refractivity contribution in [1.82, 2.24) is 0 Å². The first kappa shape index (κ1) is 16.0. The monoisotopic (exact) mass is 327 g/mol. The van der Waals surface area contributed by atoms with Gasteiger partial charge in [-0.3, -0.25) is 5.41 Å². The third-order valence-corrected chi connectivity index (χ3v) is 3.93. The van der Waals surface area contributed by atoms with Gasteiger partial charge in [0, 0.05) is 22.6 Å². The number of aliphatic hydroxyl groups is 1. The highest BCUT2D eigenvalue weighted by atomic mass is 79.9. The molecule has 1 aromatic carbocycles. The summed E-state index contributed by atoms with van der Waals surface area (Å²) in [6.07, 6.45) is 2.05. The van der Waals surface area contributed by atoms with E-state index in [1.54, 1.807) is 0 Å². The molecular formula is C14H22BrN3O. The second-order valence-electron chi connectivity index (χ2n) is 4.47. The van der Waals surface area contributed by atoms with E-state index in [0.717, 1.165) is 23.0 Å². The van der Waals surface area contributed by atoms with E-state index in [4.69, 9.17) is 11.1 Å². The lowest BCUT2D eigenvalue weighted by atomic mass is 10.1. The number of rotatable bonds is 7. The van der Waals surface area contributed by atoms with Crippen LogP contribution >= 0.6 is 15.9 Å². The molecule has 4 nitrogen and oxygen atoms in total.